The minimum absolute atomic E-state index is 0. The number of halogens is 1. The molecule has 3 rings (SSSR count). The van der Waals surface area contributed by atoms with E-state index in [1.807, 2.05) is 29.2 Å². The van der Waals surface area contributed by atoms with Gasteiger partial charge < -0.3 is 15.0 Å². The van der Waals surface area contributed by atoms with E-state index in [2.05, 4.69) is 5.32 Å². The van der Waals surface area contributed by atoms with E-state index in [1.54, 1.807) is 0 Å². The number of nitrogens with zero attached hydrogens (tertiary/aromatic N) is 1. The first kappa shape index (κ1) is 17.1. The zero-order chi connectivity index (χ0) is 14.5. The molecule has 1 amide bonds. The van der Waals surface area contributed by atoms with Crippen LogP contribution in [0.15, 0.2) is 24.3 Å². The van der Waals surface area contributed by atoms with Crippen molar-refractivity contribution in [2.45, 2.75) is 25.7 Å². The molecule has 0 spiro atoms. The Bertz CT molecular complexity index is 466. The summed E-state index contributed by atoms with van der Waals surface area (Å²) in [5.74, 6) is 1.67. The third-order valence-electron chi connectivity index (χ3n) is 4.44. The number of amides is 1. The van der Waals surface area contributed by atoms with Crippen molar-refractivity contribution in [3.05, 3.63) is 29.8 Å². The fourth-order valence-corrected chi connectivity index (χ4v) is 3.06. The van der Waals surface area contributed by atoms with E-state index in [0.717, 1.165) is 56.9 Å². The first-order valence-corrected chi connectivity index (χ1v) is 8.06. The molecule has 0 aliphatic carbocycles. The first-order chi connectivity index (χ1) is 10.3. The number of carbonyl (C=O) groups excluding carboxylic acids is 1. The van der Waals surface area contributed by atoms with Gasteiger partial charge in [-0.15, -0.1) is 12.4 Å². The maximum atomic E-state index is 12.2. The second kappa shape index (κ2) is 8.39. The second-order valence-electron chi connectivity index (χ2n) is 6.03. The van der Waals surface area contributed by atoms with Crippen LogP contribution in [0.2, 0.25) is 0 Å². The number of ether oxygens (including phenoxy) is 1. The molecular weight excluding hydrogens is 300 g/mol. The summed E-state index contributed by atoms with van der Waals surface area (Å²) in [5.41, 5.74) is 0.770. The third kappa shape index (κ3) is 4.37. The van der Waals surface area contributed by atoms with E-state index >= 15 is 0 Å². The van der Waals surface area contributed by atoms with Crippen LogP contribution in [0.4, 0.5) is 0 Å². The predicted molar refractivity (Wildman–Crippen MR) is 89.9 cm³/mol. The van der Waals surface area contributed by atoms with Crippen LogP contribution in [0.3, 0.4) is 0 Å². The van der Waals surface area contributed by atoms with E-state index in [9.17, 15) is 4.79 Å². The molecule has 0 aromatic heterocycles. The zero-order valence-electron chi connectivity index (χ0n) is 12.9. The highest BCUT2D eigenvalue weighted by atomic mass is 35.5. The molecule has 1 aromatic carbocycles. The number of hydrogen-bond acceptors (Lipinski definition) is 3. The van der Waals surface area contributed by atoms with Gasteiger partial charge in [0.25, 0.3) is 5.91 Å². The Labute approximate surface area is 138 Å². The fourth-order valence-electron chi connectivity index (χ4n) is 3.06. The van der Waals surface area contributed by atoms with Crippen molar-refractivity contribution < 1.29 is 9.53 Å². The summed E-state index contributed by atoms with van der Waals surface area (Å²) in [6.07, 6.45) is 4.63. The van der Waals surface area contributed by atoms with Crippen LogP contribution in [-0.4, -0.2) is 43.6 Å². The van der Waals surface area contributed by atoms with Crippen molar-refractivity contribution >= 4 is 18.3 Å². The Kier molecular flexibility index (Phi) is 6.52. The molecule has 2 fully saturated rings. The quantitative estimate of drug-likeness (QED) is 0.926. The lowest BCUT2D eigenvalue weighted by Gasteiger charge is -2.22. The van der Waals surface area contributed by atoms with E-state index in [4.69, 9.17) is 4.74 Å². The number of hydrogen-bond donors (Lipinski definition) is 1. The van der Waals surface area contributed by atoms with Crippen molar-refractivity contribution in [2.24, 2.45) is 5.92 Å². The predicted octanol–water partition coefficient (Wildman–Crippen LogP) is 2.72. The molecule has 22 heavy (non-hydrogen) atoms. The molecule has 0 bridgehead atoms. The van der Waals surface area contributed by atoms with Crippen LogP contribution >= 0.6 is 12.4 Å². The molecular formula is C17H25ClN2O2. The molecule has 0 radical (unpaired) electrons. The highest BCUT2D eigenvalue weighted by Gasteiger charge is 2.19. The Hall–Kier alpha value is -1.26. The summed E-state index contributed by atoms with van der Waals surface area (Å²) in [7, 11) is 0. The Balaban J connectivity index is 0.00000176. The molecule has 4 nitrogen and oxygen atoms in total. The maximum absolute atomic E-state index is 12.2. The van der Waals surface area contributed by atoms with E-state index < -0.39 is 0 Å². The normalized spacial score (nSPS) is 18.8. The van der Waals surface area contributed by atoms with E-state index in [1.165, 1.54) is 12.8 Å². The van der Waals surface area contributed by atoms with Gasteiger partial charge in [-0.05, 0) is 69.0 Å². The lowest BCUT2D eigenvalue weighted by atomic mass is 9.99. The van der Waals surface area contributed by atoms with Crippen LogP contribution in [0.1, 0.15) is 36.0 Å². The summed E-state index contributed by atoms with van der Waals surface area (Å²) >= 11 is 0. The van der Waals surface area contributed by atoms with Crippen molar-refractivity contribution in [3.8, 4) is 5.75 Å². The number of nitrogens with one attached hydrogen (secondary N) is 1. The number of carbonyl (C=O) groups is 1. The van der Waals surface area contributed by atoms with Crippen molar-refractivity contribution in [2.75, 3.05) is 32.8 Å². The van der Waals surface area contributed by atoms with Gasteiger partial charge in [-0.2, -0.15) is 0 Å². The summed E-state index contributed by atoms with van der Waals surface area (Å²) in [5, 5.41) is 3.36. The number of rotatable bonds is 4. The van der Waals surface area contributed by atoms with E-state index in [0.29, 0.717) is 5.92 Å². The van der Waals surface area contributed by atoms with Gasteiger partial charge >= 0.3 is 0 Å². The molecule has 122 valence electrons. The molecule has 1 aromatic rings. The van der Waals surface area contributed by atoms with Crippen LogP contribution in [0.25, 0.3) is 0 Å². The van der Waals surface area contributed by atoms with Gasteiger partial charge in [-0.1, -0.05) is 0 Å². The van der Waals surface area contributed by atoms with Gasteiger partial charge in [-0.3, -0.25) is 4.79 Å². The molecule has 5 heteroatoms. The number of benzene rings is 1. The average Bonchev–Trinajstić information content (AvgIpc) is 3.08. The molecule has 1 N–H and O–H groups in total. The van der Waals surface area contributed by atoms with Gasteiger partial charge in [0.2, 0.25) is 0 Å². The minimum atomic E-state index is 0. The highest BCUT2D eigenvalue weighted by Crippen LogP contribution is 2.19. The summed E-state index contributed by atoms with van der Waals surface area (Å²) in [6, 6.07) is 7.62. The summed E-state index contributed by atoms with van der Waals surface area (Å²) in [6.45, 7) is 4.76. The van der Waals surface area contributed by atoms with Gasteiger partial charge in [-0.25, -0.2) is 0 Å². The Morgan fingerprint density at radius 3 is 2.41 bits per heavy atom. The highest BCUT2D eigenvalue weighted by molar-refractivity contribution is 5.94. The van der Waals surface area contributed by atoms with Gasteiger partial charge in [0.05, 0.1) is 6.61 Å². The smallest absolute Gasteiger partial charge is 0.253 e. The molecule has 0 atom stereocenters. The van der Waals surface area contributed by atoms with Crippen molar-refractivity contribution in [1.29, 1.82) is 0 Å². The fraction of sp³-hybridized carbons (Fsp3) is 0.588. The molecule has 2 saturated heterocycles. The molecule has 2 aliphatic rings. The van der Waals surface area contributed by atoms with Crippen molar-refractivity contribution in [3.63, 3.8) is 0 Å². The minimum Gasteiger partial charge on any atom is -0.493 e. The van der Waals surface area contributed by atoms with Gasteiger partial charge in [0, 0.05) is 18.7 Å². The van der Waals surface area contributed by atoms with Crippen molar-refractivity contribution in [1.82, 2.24) is 10.2 Å². The van der Waals surface area contributed by atoms with E-state index in [-0.39, 0.29) is 18.3 Å². The topological polar surface area (TPSA) is 41.6 Å². The SMILES string of the molecule is Cl.O=C(c1ccc(OCC2CCNCC2)cc1)N1CCCC1. The number of likely N-dealkylation sites (tertiary alicyclic amines) is 1. The van der Waals surface area contributed by atoms with Gasteiger partial charge in [0.15, 0.2) is 0 Å². The molecule has 0 unspecified atom stereocenters. The maximum Gasteiger partial charge on any atom is 0.253 e. The Morgan fingerprint density at radius 2 is 1.77 bits per heavy atom. The summed E-state index contributed by atoms with van der Waals surface area (Å²) in [4.78, 5) is 14.2. The summed E-state index contributed by atoms with van der Waals surface area (Å²) < 4.78 is 5.85. The van der Waals surface area contributed by atoms with Crippen LogP contribution < -0.4 is 10.1 Å². The lowest BCUT2D eigenvalue weighted by Crippen LogP contribution is -2.30. The monoisotopic (exact) mass is 324 g/mol. The van der Waals surface area contributed by atoms with Crippen LogP contribution in [0.5, 0.6) is 5.75 Å². The van der Waals surface area contributed by atoms with Crippen LogP contribution in [-0.2, 0) is 0 Å². The second-order valence-corrected chi connectivity index (χ2v) is 6.03. The standard InChI is InChI=1S/C17H24N2O2.ClH/c20-17(19-11-1-2-12-19)15-3-5-16(6-4-15)21-13-14-7-9-18-10-8-14;/h3-6,14,18H,1-2,7-13H2;1H. The van der Waals surface area contributed by atoms with Crippen LogP contribution in [0, 0.1) is 5.92 Å². The molecule has 0 saturated carbocycles. The average molecular weight is 325 g/mol. The number of piperidine rings is 1. The Morgan fingerprint density at radius 1 is 1.14 bits per heavy atom. The molecule has 2 heterocycles. The zero-order valence-corrected chi connectivity index (χ0v) is 13.7. The van der Waals surface area contributed by atoms with Gasteiger partial charge in [0.1, 0.15) is 5.75 Å². The lowest BCUT2D eigenvalue weighted by molar-refractivity contribution is 0.0793. The third-order valence-corrected chi connectivity index (χ3v) is 4.44. The largest absolute Gasteiger partial charge is 0.493 e. The first-order valence-electron chi connectivity index (χ1n) is 8.06. The molecule has 2 aliphatic heterocycles.